The van der Waals surface area contributed by atoms with Crippen LogP contribution in [0.3, 0.4) is 0 Å². The van der Waals surface area contributed by atoms with E-state index in [1.165, 1.54) is 0 Å². The molecule has 3 heterocycles. The summed E-state index contributed by atoms with van der Waals surface area (Å²) in [5.74, 6) is 0.609. The summed E-state index contributed by atoms with van der Waals surface area (Å²) in [4.78, 5) is 4.67. The van der Waals surface area contributed by atoms with Crippen LogP contribution in [-0.4, -0.2) is 36.5 Å². The minimum Gasteiger partial charge on any atom is -0.473 e. The van der Waals surface area contributed by atoms with Crippen LogP contribution < -0.4 is 10.5 Å². The summed E-state index contributed by atoms with van der Waals surface area (Å²) in [6.07, 6.45) is 10.3. The zero-order valence-corrected chi connectivity index (χ0v) is 12.4. The van der Waals surface area contributed by atoms with Crippen LogP contribution in [0.1, 0.15) is 19.3 Å². The maximum atomic E-state index is 6.11. The summed E-state index contributed by atoms with van der Waals surface area (Å²) in [6.45, 7) is 0. The third-order valence-electron chi connectivity index (χ3n) is 4.06. The van der Waals surface area contributed by atoms with Gasteiger partial charge in [0, 0.05) is 24.8 Å². The second-order valence-electron chi connectivity index (χ2n) is 5.81. The number of rotatable bonds is 3. The quantitative estimate of drug-likeness (QED) is 0.790. The van der Waals surface area contributed by atoms with Gasteiger partial charge in [-0.25, -0.2) is 9.50 Å². The fourth-order valence-electron chi connectivity index (χ4n) is 2.92. The molecular weight excluding hydrogens is 280 g/mol. The Balaban J connectivity index is 1.74. The number of hydrogen-bond acceptors (Lipinski definition) is 5. The molecule has 1 saturated carbocycles. The van der Waals surface area contributed by atoms with Gasteiger partial charge in [0.15, 0.2) is 0 Å². The van der Waals surface area contributed by atoms with Gasteiger partial charge in [-0.2, -0.15) is 10.2 Å². The number of fused-ring (bicyclic) bond motifs is 1. The van der Waals surface area contributed by atoms with E-state index >= 15 is 0 Å². The highest BCUT2D eigenvalue weighted by Gasteiger charge is 2.24. The van der Waals surface area contributed by atoms with Gasteiger partial charge in [-0.05, 0) is 25.3 Å². The summed E-state index contributed by atoms with van der Waals surface area (Å²) in [5.41, 5.74) is 8.57. The molecule has 4 rings (SSSR count). The van der Waals surface area contributed by atoms with Crippen LogP contribution >= 0.6 is 0 Å². The van der Waals surface area contributed by atoms with E-state index in [1.807, 2.05) is 25.5 Å². The zero-order valence-electron chi connectivity index (χ0n) is 12.4. The third kappa shape index (κ3) is 2.33. The van der Waals surface area contributed by atoms with E-state index in [1.54, 1.807) is 21.6 Å². The van der Waals surface area contributed by atoms with E-state index < -0.39 is 0 Å². The Hall–Kier alpha value is -2.41. The fourth-order valence-corrected chi connectivity index (χ4v) is 2.92. The molecule has 2 N–H and O–H groups in total. The van der Waals surface area contributed by atoms with Crippen molar-refractivity contribution in [1.29, 1.82) is 0 Å². The Morgan fingerprint density at radius 1 is 1.27 bits per heavy atom. The molecule has 1 aliphatic carbocycles. The number of aromatic nitrogens is 5. The highest BCUT2D eigenvalue weighted by molar-refractivity contribution is 5.63. The first kappa shape index (κ1) is 13.3. The Bertz CT molecular complexity index is 807. The normalized spacial score (nSPS) is 21.5. The molecule has 1 aliphatic rings. The minimum atomic E-state index is 0.130. The summed E-state index contributed by atoms with van der Waals surface area (Å²) < 4.78 is 9.65. The summed E-state index contributed by atoms with van der Waals surface area (Å²) in [5, 5.41) is 8.50. The Morgan fingerprint density at radius 3 is 2.91 bits per heavy atom. The lowest BCUT2D eigenvalue weighted by molar-refractivity contribution is 0.202. The molecule has 0 unspecified atom stereocenters. The van der Waals surface area contributed by atoms with Crippen LogP contribution in [0.5, 0.6) is 5.88 Å². The molecule has 2 atom stereocenters. The maximum Gasteiger partial charge on any atom is 0.240 e. The number of ether oxygens (including phenoxy) is 1. The molecule has 0 spiro atoms. The van der Waals surface area contributed by atoms with Crippen molar-refractivity contribution in [2.24, 2.45) is 12.8 Å². The molecule has 22 heavy (non-hydrogen) atoms. The topological polar surface area (TPSA) is 83.3 Å². The monoisotopic (exact) mass is 298 g/mol. The standard InChI is InChI=1S/C15H18N6O/c1-20-8-10(7-18-20)13-9-21-14(4-5-17-21)15(19-13)22-12-3-2-11(16)6-12/h4-5,7-9,11-12H,2-3,6,16H2,1H3/t11-,12-/m0/s1. The lowest BCUT2D eigenvalue weighted by atomic mass is 10.2. The smallest absolute Gasteiger partial charge is 0.240 e. The molecular formula is C15H18N6O. The van der Waals surface area contributed by atoms with Crippen LogP contribution in [-0.2, 0) is 7.05 Å². The Morgan fingerprint density at radius 2 is 2.18 bits per heavy atom. The number of nitrogens with two attached hydrogens (primary N) is 1. The molecule has 0 saturated heterocycles. The van der Waals surface area contributed by atoms with Gasteiger partial charge in [0.25, 0.3) is 0 Å². The number of hydrogen-bond donors (Lipinski definition) is 1. The van der Waals surface area contributed by atoms with Gasteiger partial charge >= 0.3 is 0 Å². The summed E-state index contributed by atoms with van der Waals surface area (Å²) >= 11 is 0. The van der Waals surface area contributed by atoms with E-state index in [2.05, 4.69) is 15.2 Å². The molecule has 0 aromatic carbocycles. The van der Waals surface area contributed by atoms with Gasteiger partial charge in [-0.1, -0.05) is 0 Å². The van der Waals surface area contributed by atoms with Crippen molar-refractivity contribution in [3.8, 4) is 17.1 Å². The predicted octanol–water partition coefficient (Wildman–Crippen LogP) is 1.39. The maximum absolute atomic E-state index is 6.11. The summed E-state index contributed by atoms with van der Waals surface area (Å²) in [6, 6.07) is 2.14. The first-order chi connectivity index (χ1) is 10.7. The van der Waals surface area contributed by atoms with Gasteiger partial charge in [0.05, 0.1) is 24.3 Å². The fraction of sp³-hybridized carbons (Fsp3) is 0.400. The molecule has 1 fully saturated rings. The first-order valence-electron chi connectivity index (χ1n) is 7.45. The van der Waals surface area contributed by atoms with Gasteiger partial charge in [0.2, 0.25) is 5.88 Å². The van der Waals surface area contributed by atoms with Gasteiger partial charge < -0.3 is 10.5 Å². The lowest BCUT2D eigenvalue weighted by Gasteiger charge is -2.14. The Kier molecular flexibility index (Phi) is 3.07. The van der Waals surface area contributed by atoms with Crippen molar-refractivity contribution < 1.29 is 4.74 Å². The van der Waals surface area contributed by atoms with Crippen LogP contribution in [0.4, 0.5) is 0 Å². The minimum absolute atomic E-state index is 0.130. The number of nitrogens with zero attached hydrogens (tertiary/aromatic N) is 5. The van der Waals surface area contributed by atoms with Crippen LogP contribution in [0.15, 0.2) is 30.9 Å². The second kappa shape index (κ2) is 5.10. The Labute approximate surface area is 127 Å². The van der Waals surface area contributed by atoms with Gasteiger partial charge in [0.1, 0.15) is 11.6 Å². The van der Waals surface area contributed by atoms with Crippen molar-refractivity contribution in [2.45, 2.75) is 31.4 Å². The third-order valence-corrected chi connectivity index (χ3v) is 4.06. The van der Waals surface area contributed by atoms with Gasteiger partial charge in [-0.3, -0.25) is 4.68 Å². The van der Waals surface area contributed by atoms with Crippen molar-refractivity contribution in [1.82, 2.24) is 24.4 Å². The van der Waals surface area contributed by atoms with E-state index in [4.69, 9.17) is 10.5 Å². The molecule has 3 aromatic rings. The second-order valence-corrected chi connectivity index (χ2v) is 5.81. The molecule has 0 aliphatic heterocycles. The molecule has 7 nitrogen and oxygen atoms in total. The lowest BCUT2D eigenvalue weighted by Crippen LogP contribution is -2.19. The van der Waals surface area contributed by atoms with E-state index in [0.717, 1.165) is 36.0 Å². The predicted molar refractivity (Wildman–Crippen MR) is 81.4 cm³/mol. The number of aryl methyl sites for hydroxylation is 1. The molecule has 0 radical (unpaired) electrons. The highest BCUT2D eigenvalue weighted by Crippen LogP contribution is 2.28. The zero-order chi connectivity index (χ0) is 15.1. The molecule has 0 amide bonds. The average Bonchev–Trinajstić information content (AvgIpc) is 3.20. The van der Waals surface area contributed by atoms with Crippen molar-refractivity contribution in [3.63, 3.8) is 0 Å². The van der Waals surface area contributed by atoms with Crippen LogP contribution in [0, 0.1) is 0 Å². The van der Waals surface area contributed by atoms with E-state index in [0.29, 0.717) is 5.88 Å². The van der Waals surface area contributed by atoms with Crippen molar-refractivity contribution in [3.05, 3.63) is 30.9 Å². The average molecular weight is 298 g/mol. The first-order valence-corrected chi connectivity index (χ1v) is 7.45. The van der Waals surface area contributed by atoms with Crippen LogP contribution in [0.2, 0.25) is 0 Å². The molecule has 114 valence electrons. The van der Waals surface area contributed by atoms with E-state index in [-0.39, 0.29) is 12.1 Å². The van der Waals surface area contributed by atoms with Crippen molar-refractivity contribution >= 4 is 5.52 Å². The van der Waals surface area contributed by atoms with Gasteiger partial charge in [-0.15, -0.1) is 0 Å². The molecule has 3 aromatic heterocycles. The molecule has 7 heteroatoms. The SMILES string of the molecule is Cn1cc(-c2cn3nccc3c(O[C@H]3CC[C@H](N)C3)n2)cn1. The van der Waals surface area contributed by atoms with E-state index in [9.17, 15) is 0 Å². The largest absolute Gasteiger partial charge is 0.473 e. The highest BCUT2D eigenvalue weighted by atomic mass is 16.5. The summed E-state index contributed by atoms with van der Waals surface area (Å²) in [7, 11) is 1.88. The molecule has 0 bridgehead atoms. The van der Waals surface area contributed by atoms with Crippen LogP contribution in [0.25, 0.3) is 16.8 Å². The van der Waals surface area contributed by atoms with Crippen molar-refractivity contribution in [2.75, 3.05) is 0 Å².